The minimum Gasteiger partial charge on any atom is -0.496 e. The van der Waals surface area contributed by atoms with Crippen molar-refractivity contribution < 1.29 is 23.7 Å². The number of carbonyl (C=O) groups excluding carboxylic acids is 1. The predicted octanol–water partition coefficient (Wildman–Crippen LogP) is 6.19. The second kappa shape index (κ2) is 13.3. The van der Waals surface area contributed by atoms with Gasteiger partial charge >= 0.3 is 5.97 Å². The maximum absolute atomic E-state index is 14.4. The molecule has 0 fully saturated rings. The fourth-order valence-corrected chi connectivity index (χ4v) is 6.74. The number of hydrogen-bond acceptors (Lipinski definition) is 8. The van der Waals surface area contributed by atoms with E-state index in [9.17, 15) is 9.59 Å². The smallest absolute Gasteiger partial charge is 0.338 e. The van der Waals surface area contributed by atoms with Crippen LogP contribution < -0.4 is 29.1 Å². The topological polar surface area (TPSA) is 88.4 Å². The summed E-state index contributed by atoms with van der Waals surface area (Å²) in [6.07, 6.45) is 2.93. The maximum Gasteiger partial charge on any atom is 0.338 e. The Labute approximate surface area is 264 Å². The molecule has 230 valence electrons. The summed E-state index contributed by atoms with van der Waals surface area (Å²) < 4.78 is 24.9. The molecule has 0 saturated heterocycles. The molecular formula is C34H35ClN2O6S. The molecule has 0 amide bonds. The molecule has 0 N–H and O–H groups in total. The number of esters is 1. The third-order valence-corrected chi connectivity index (χ3v) is 8.48. The summed E-state index contributed by atoms with van der Waals surface area (Å²) in [6.45, 7) is 7.78. The van der Waals surface area contributed by atoms with Gasteiger partial charge in [-0.3, -0.25) is 9.36 Å². The number of thiazole rings is 1. The first kappa shape index (κ1) is 31.3. The summed E-state index contributed by atoms with van der Waals surface area (Å²) in [5, 5.41) is 2.18. The highest BCUT2D eigenvalue weighted by atomic mass is 35.5. The van der Waals surface area contributed by atoms with Crippen LogP contribution in [-0.4, -0.2) is 37.5 Å². The molecule has 0 radical (unpaired) electrons. The van der Waals surface area contributed by atoms with Gasteiger partial charge in [-0.1, -0.05) is 66.6 Å². The lowest BCUT2D eigenvalue weighted by atomic mass is 9.90. The molecule has 8 nitrogen and oxygen atoms in total. The van der Waals surface area contributed by atoms with Crippen LogP contribution in [0.4, 0.5) is 0 Å². The summed E-state index contributed by atoms with van der Waals surface area (Å²) >= 11 is 7.85. The Balaban J connectivity index is 1.82. The fourth-order valence-electron chi connectivity index (χ4n) is 5.45. The standard InChI is InChI=1S/C34H35ClN2O6S/c1-7-11-24-29(33(39)42-8-2)30(28-22-13-10-9-12-21(22)14-15-25(28)40-5)37-32(38)27(44-34(37)36-24)18-20-16-23(35)31(43-19(3)4)26(17-20)41-6/h9-10,12-19,30H,7-8,11H2,1-6H3/b27-18-/t30-/m1/s1. The van der Waals surface area contributed by atoms with E-state index in [0.717, 1.165) is 17.2 Å². The van der Waals surface area contributed by atoms with Crippen molar-refractivity contribution in [1.29, 1.82) is 0 Å². The molecule has 0 bridgehead atoms. The van der Waals surface area contributed by atoms with Crippen LogP contribution in [0.25, 0.3) is 16.8 Å². The number of ether oxygens (including phenoxy) is 4. The number of allylic oxidation sites excluding steroid dienone is 1. The molecule has 5 rings (SSSR count). The molecule has 44 heavy (non-hydrogen) atoms. The van der Waals surface area contributed by atoms with Crippen LogP contribution in [0.2, 0.25) is 5.02 Å². The minimum absolute atomic E-state index is 0.104. The fraction of sp³-hybridized carbons (Fsp3) is 0.324. The van der Waals surface area contributed by atoms with Gasteiger partial charge in [-0.15, -0.1) is 0 Å². The SMILES string of the molecule is CCCC1=C(C(=O)OCC)[C@@H](c2c(OC)ccc3ccccc23)n2c(s/c(=C\c3cc(Cl)c(OC(C)C)c(OC)c3)c2=O)=N1. The number of nitrogens with zero attached hydrogens (tertiary/aromatic N) is 2. The summed E-state index contributed by atoms with van der Waals surface area (Å²) in [4.78, 5) is 33.4. The molecule has 1 aromatic heterocycles. The number of benzene rings is 3. The molecule has 0 aliphatic carbocycles. The van der Waals surface area contributed by atoms with Gasteiger partial charge in [0.05, 0.1) is 47.8 Å². The molecule has 1 aliphatic rings. The molecular weight excluding hydrogens is 600 g/mol. The molecule has 0 saturated carbocycles. The number of aromatic nitrogens is 1. The number of hydrogen-bond donors (Lipinski definition) is 0. The first-order valence-electron chi connectivity index (χ1n) is 14.5. The van der Waals surface area contributed by atoms with Crippen molar-refractivity contribution in [1.82, 2.24) is 4.57 Å². The third kappa shape index (κ3) is 5.86. The van der Waals surface area contributed by atoms with Gasteiger partial charge in [0, 0.05) is 5.56 Å². The number of rotatable bonds is 10. The van der Waals surface area contributed by atoms with Crippen molar-refractivity contribution in [3.8, 4) is 17.2 Å². The Kier molecular flexibility index (Phi) is 9.46. The first-order chi connectivity index (χ1) is 21.2. The first-order valence-corrected chi connectivity index (χ1v) is 15.7. The van der Waals surface area contributed by atoms with Crippen molar-refractivity contribution in [3.63, 3.8) is 0 Å². The van der Waals surface area contributed by atoms with Gasteiger partial charge < -0.3 is 18.9 Å². The molecule has 2 heterocycles. The van der Waals surface area contributed by atoms with E-state index in [4.69, 9.17) is 35.5 Å². The molecule has 4 aromatic rings. The second-order valence-corrected chi connectivity index (χ2v) is 11.9. The lowest BCUT2D eigenvalue weighted by molar-refractivity contribution is -0.139. The quantitative estimate of drug-likeness (QED) is 0.193. The highest BCUT2D eigenvalue weighted by Gasteiger charge is 2.37. The lowest BCUT2D eigenvalue weighted by Gasteiger charge is -2.28. The van der Waals surface area contributed by atoms with Crippen LogP contribution in [0.5, 0.6) is 17.2 Å². The lowest BCUT2D eigenvalue weighted by Crippen LogP contribution is -2.40. The molecule has 10 heteroatoms. The number of halogens is 1. The largest absolute Gasteiger partial charge is 0.496 e. The molecule has 1 aliphatic heterocycles. The van der Waals surface area contributed by atoms with Crippen molar-refractivity contribution in [2.45, 2.75) is 52.7 Å². The number of methoxy groups -OCH3 is 2. The van der Waals surface area contributed by atoms with E-state index in [0.29, 0.717) is 60.4 Å². The van der Waals surface area contributed by atoms with E-state index in [1.165, 1.54) is 11.3 Å². The van der Waals surface area contributed by atoms with Gasteiger partial charge in [-0.25, -0.2) is 9.79 Å². The van der Waals surface area contributed by atoms with Gasteiger partial charge in [-0.05, 0) is 67.8 Å². The van der Waals surface area contributed by atoms with Gasteiger partial charge in [0.25, 0.3) is 5.56 Å². The Morgan fingerprint density at radius 1 is 1.09 bits per heavy atom. The minimum atomic E-state index is -0.824. The van der Waals surface area contributed by atoms with Crippen LogP contribution in [0, 0.1) is 0 Å². The zero-order chi connectivity index (χ0) is 31.5. The Bertz CT molecular complexity index is 1940. The summed E-state index contributed by atoms with van der Waals surface area (Å²) in [6, 6.07) is 14.4. The number of carbonyl (C=O) groups is 1. The van der Waals surface area contributed by atoms with E-state index < -0.39 is 12.0 Å². The average molecular weight is 635 g/mol. The summed E-state index contributed by atoms with van der Waals surface area (Å²) in [5.74, 6) is 0.943. The van der Waals surface area contributed by atoms with Crippen LogP contribution in [0.3, 0.4) is 0 Å². The van der Waals surface area contributed by atoms with Crippen molar-refractivity contribution >= 4 is 45.8 Å². The molecule has 0 unspecified atom stereocenters. The van der Waals surface area contributed by atoms with Crippen molar-refractivity contribution in [2.75, 3.05) is 20.8 Å². The maximum atomic E-state index is 14.4. The Hall–Kier alpha value is -4.08. The van der Waals surface area contributed by atoms with Crippen molar-refractivity contribution in [2.24, 2.45) is 4.99 Å². The normalized spacial score (nSPS) is 14.9. The van der Waals surface area contributed by atoms with E-state index >= 15 is 0 Å². The van der Waals surface area contributed by atoms with Crippen molar-refractivity contribution in [3.05, 3.63) is 95.6 Å². The Morgan fingerprint density at radius 2 is 1.84 bits per heavy atom. The molecule has 3 aromatic carbocycles. The third-order valence-electron chi connectivity index (χ3n) is 7.22. The van der Waals surface area contributed by atoms with E-state index in [2.05, 4.69) is 0 Å². The van der Waals surface area contributed by atoms with Crippen LogP contribution in [-0.2, 0) is 9.53 Å². The predicted molar refractivity (Wildman–Crippen MR) is 174 cm³/mol. The summed E-state index contributed by atoms with van der Waals surface area (Å²) in [7, 11) is 3.13. The zero-order valence-corrected chi connectivity index (χ0v) is 27.2. The number of fused-ring (bicyclic) bond motifs is 2. The zero-order valence-electron chi connectivity index (χ0n) is 25.6. The molecule has 1 atom stereocenters. The molecule has 0 spiro atoms. The van der Waals surface area contributed by atoms with Crippen LogP contribution >= 0.6 is 22.9 Å². The van der Waals surface area contributed by atoms with E-state index in [1.807, 2.05) is 57.2 Å². The van der Waals surface area contributed by atoms with Gasteiger partial charge in [0.15, 0.2) is 16.3 Å². The average Bonchev–Trinajstić information content (AvgIpc) is 3.31. The van der Waals surface area contributed by atoms with Crippen LogP contribution in [0.15, 0.2) is 69.6 Å². The Morgan fingerprint density at radius 3 is 2.52 bits per heavy atom. The summed E-state index contributed by atoms with van der Waals surface area (Å²) in [5.41, 5.74) is 1.99. The van der Waals surface area contributed by atoms with E-state index in [1.54, 1.807) is 43.9 Å². The van der Waals surface area contributed by atoms with Gasteiger partial charge in [-0.2, -0.15) is 0 Å². The van der Waals surface area contributed by atoms with Gasteiger partial charge in [0.2, 0.25) is 0 Å². The second-order valence-electron chi connectivity index (χ2n) is 10.5. The highest BCUT2D eigenvalue weighted by Crippen LogP contribution is 2.41. The van der Waals surface area contributed by atoms with E-state index in [-0.39, 0.29) is 18.3 Å². The monoisotopic (exact) mass is 634 g/mol. The van der Waals surface area contributed by atoms with Gasteiger partial charge in [0.1, 0.15) is 11.8 Å². The highest BCUT2D eigenvalue weighted by molar-refractivity contribution is 7.07. The van der Waals surface area contributed by atoms with Crippen LogP contribution in [0.1, 0.15) is 57.7 Å².